The Morgan fingerprint density at radius 1 is 1.40 bits per heavy atom. The molecule has 2 rings (SSSR count). The summed E-state index contributed by atoms with van der Waals surface area (Å²) in [6.45, 7) is 1.74. The lowest BCUT2D eigenvalue weighted by Gasteiger charge is -2.11. The Bertz CT molecular complexity index is 609. The number of hydrogen-bond donors (Lipinski definition) is 0. The minimum Gasteiger partial charge on any atom is -0.326 e. The van der Waals surface area contributed by atoms with Crippen molar-refractivity contribution in [2.45, 2.75) is 24.4 Å². The Hall–Kier alpha value is -0.950. The molecule has 1 aromatic heterocycles. The molecule has 0 radical (unpaired) electrons. The molecule has 0 aliphatic rings. The van der Waals surface area contributed by atoms with Gasteiger partial charge in [0.1, 0.15) is 11.6 Å². The van der Waals surface area contributed by atoms with E-state index in [1.165, 1.54) is 22.8 Å². The number of rotatable bonds is 4. The molecule has 0 aliphatic carbocycles. The highest BCUT2D eigenvalue weighted by molar-refractivity contribution is 8.00. The number of benzene rings is 1. The molecule has 1 aromatic carbocycles. The minimum atomic E-state index is -4.28. The summed E-state index contributed by atoms with van der Waals surface area (Å²) in [4.78, 5) is 4.24. The Morgan fingerprint density at radius 2 is 2.10 bits per heavy atom. The van der Waals surface area contributed by atoms with Crippen molar-refractivity contribution < 1.29 is 17.6 Å². The van der Waals surface area contributed by atoms with Crippen LogP contribution in [0.5, 0.6) is 0 Å². The number of imidazole rings is 1. The minimum absolute atomic E-state index is 0.0660. The van der Waals surface area contributed by atoms with Crippen LogP contribution in [0.3, 0.4) is 0 Å². The van der Waals surface area contributed by atoms with Crippen LogP contribution < -0.4 is 0 Å². The molecule has 0 aliphatic heterocycles. The van der Waals surface area contributed by atoms with E-state index in [1.807, 2.05) is 0 Å². The molecule has 110 valence electrons. The van der Waals surface area contributed by atoms with Crippen LogP contribution in [-0.2, 0) is 6.54 Å². The van der Waals surface area contributed by atoms with E-state index in [2.05, 4.69) is 4.98 Å². The maximum Gasteiger partial charge on any atom is 0.441 e. The van der Waals surface area contributed by atoms with E-state index in [4.69, 9.17) is 11.6 Å². The van der Waals surface area contributed by atoms with Gasteiger partial charge in [-0.3, -0.25) is 0 Å². The standard InChI is InChI=1S/C12H11ClF4N2S/c1-7(13)11-18-9-3-2-8(14)6-10(9)19(11)4-5-20-12(15,16)17/h2-3,6-7H,4-5H2,1H3. The first-order chi connectivity index (χ1) is 9.28. The van der Waals surface area contributed by atoms with Gasteiger partial charge in [0.2, 0.25) is 0 Å². The number of nitrogens with zero attached hydrogens (tertiary/aromatic N) is 2. The maximum absolute atomic E-state index is 13.3. The van der Waals surface area contributed by atoms with E-state index < -0.39 is 16.7 Å². The predicted molar refractivity (Wildman–Crippen MR) is 72.5 cm³/mol. The van der Waals surface area contributed by atoms with E-state index in [1.54, 1.807) is 6.92 Å². The molecule has 1 atom stereocenters. The number of fused-ring (bicyclic) bond motifs is 1. The van der Waals surface area contributed by atoms with Gasteiger partial charge in [0.05, 0.1) is 16.4 Å². The highest BCUT2D eigenvalue weighted by Crippen LogP contribution is 2.31. The maximum atomic E-state index is 13.3. The number of alkyl halides is 4. The summed E-state index contributed by atoms with van der Waals surface area (Å²) in [6, 6.07) is 4.00. The van der Waals surface area contributed by atoms with Gasteiger partial charge in [-0.15, -0.1) is 11.6 Å². The van der Waals surface area contributed by atoms with E-state index in [0.717, 1.165) is 0 Å². The van der Waals surface area contributed by atoms with Crippen molar-refractivity contribution in [2.75, 3.05) is 5.75 Å². The fourth-order valence-electron chi connectivity index (χ4n) is 1.91. The van der Waals surface area contributed by atoms with Gasteiger partial charge in [0.15, 0.2) is 0 Å². The van der Waals surface area contributed by atoms with Crippen LogP contribution in [0.4, 0.5) is 17.6 Å². The zero-order valence-corrected chi connectivity index (χ0v) is 12.0. The van der Waals surface area contributed by atoms with Crippen LogP contribution in [-0.4, -0.2) is 20.8 Å². The smallest absolute Gasteiger partial charge is 0.326 e. The summed E-state index contributed by atoms with van der Waals surface area (Å²) < 4.78 is 51.3. The van der Waals surface area contributed by atoms with Gasteiger partial charge in [0.25, 0.3) is 0 Å². The lowest BCUT2D eigenvalue weighted by atomic mass is 10.3. The van der Waals surface area contributed by atoms with Crippen molar-refractivity contribution in [1.29, 1.82) is 0 Å². The van der Waals surface area contributed by atoms with Crippen LogP contribution in [0.15, 0.2) is 18.2 Å². The topological polar surface area (TPSA) is 17.8 Å². The molecular formula is C12H11ClF4N2S. The van der Waals surface area contributed by atoms with Gasteiger partial charge in [-0.05, 0) is 36.9 Å². The molecule has 2 aromatic rings. The van der Waals surface area contributed by atoms with E-state index in [0.29, 0.717) is 16.9 Å². The highest BCUT2D eigenvalue weighted by Gasteiger charge is 2.28. The summed E-state index contributed by atoms with van der Waals surface area (Å²) in [7, 11) is 0. The quantitative estimate of drug-likeness (QED) is 0.597. The Morgan fingerprint density at radius 3 is 2.70 bits per heavy atom. The van der Waals surface area contributed by atoms with Crippen molar-refractivity contribution in [1.82, 2.24) is 9.55 Å². The van der Waals surface area contributed by atoms with Crippen LogP contribution in [0.1, 0.15) is 18.1 Å². The Labute approximate surface area is 122 Å². The van der Waals surface area contributed by atoms with Gasteiger partial charge >= 0.3 is 5.51 Å². The molecule has 1 unspecified atom stereocenters. The van der Waals surface area contributed by atoms with Gasteiger partial charge in [-0.1, -0.05) is 0 Å². The molecule has 0 N–H and O–H groups in total. The highest BCUT2D eigenvalue weighted by atomic mass is 35.5. The molecule has 20 heavy (non-hydrogen) atoms. The Balaban J connectivity index is 2.33. The van der Waals surface area contributed by atoms with Crippen molar-refractivity contribution in [3.8, 4) is 0 Å². The first-order valence-corrected chi connectivity index (χ1v) is 7.20. The SMILES string of the molecule is CC(Cl)c1nc2ccc(F)cc2n1CCSC(F)(F)F. The molecule has 0 amide bonds. The van der Waals surface area contributed by atoms with E-state index in [-0.39, 0.29) is 24.1 Å². The second-order valence-electron chi connectivity index (χ2n) is 4.16. The van der Waals surface area contributed by atoms with Crippen LogP contribution in [0, 0.1) is 5.82 Å². The average Bonchev–Trinajstić information content (AvgIpc) is 2.66. The third-order valence-corrected chi connectivity index (χ3v) is 3.59. The van der Waals surface area contributed by atoms with Gasteiger partial charge in [-0.25, -0.2) is 9.37 Å². The predicted octanol–water partition coefficient (Wildman–Crippen LogP) is 4.73. The summed E-state index contributed by atoms with van der Waals surface area (Å²) >= 11 is 5.86. The summed E-state index contributed by atoms with van der Waals surface area (Å²) in [5.74, 6) is -0.201. The molecule has 0 fully saturated rings. The van der Waals surface area contributed by atoms with Crippen molar-refractivity contribution in [2.24, 2.45) is 0 Å². The molecule has 0 saturated heterocycles. The normalized spacial score (nSPS) is 13.9. The van der Waals surface area contributed by atoms with Crippen LogP contribution >= 0.6 is 23.4 Å². The van der Waals surface area contributed by atoms with Crippen molar-refractivity contribution >= 4 is 34.4 Å². The van der Waals surface area contributed by atoms with Crippen molar-refractivity contribution in [3.05, 3.63) is 29.8 Å². The monoisotopic (exact) mass is 326 g/mol. The Kier molecular flexibility index (Phi) is 4.49. The van der Waals surface area contributed by atoms with E-state index in [9.17, 15) is 17.6 Å². The van der Waals surface area contributed by atoms with Crippen molar-refractivity contribution in [3.63, 3.8) is 0 Å². The number of aromatic nitrogens is 2. The molecule has 1 heterocycles. The summed E-state index contributed by atoms with van der Waals surface area (Å²) in [5, 5.41) is -0.471. The third kappa shape index (κ3) is 3.58. The number of hydrogen-bond acceptors (Lipinski definition) is 2. The number of thioether (sulfide) groups is 1. The second kappa shape index (κ2) is 5.81. The zero-order valence-electron chi connectivity index (χ0n) is 10.4. The molecule has 0 spiro atoms. The van der Waals surface area contributed by atoms with Gasteiger partial charge < -0.3 is 4.57 Å². The lowest BCUT2D eigenvalue weighted by Crippen LogP contribution is -2.10. The molecule has 0 saturated carbocycles. The molecule has 0 bridgehead atoms. The largest absolute Gasteiger partial charge is 0.441 e. The van der Waals surface area contributed by atoms with Crippen LogP contribution in [0.2, 0.25) is 0 Å². The van der Waals surface area contributed by atoms with Gasteiger partial charge in [-0.2, -0.15) is 13.2 Å². The van der Waals surface area contributed by atoms with E-state index >= 15 is 0 Å². The lowest BCUT2D eigenvalue weighted by molar-refractivity contribution is -0.0328. The first kappa shape index (κ1) is 15.4. The fraction of sp³-hybridized carbons (Fsp3) is 0.417. The van der Waals surface area contributed by atoms with Gasteiger partial charge in [0, 0.05) is 12.3 Å². The fourth-order valence-corrected chi connectivity index (χ4v) is 2.58. The number of aryl methyl sites for hydroxylation is 1. The second-order valence-corrected chi connectivity index (χ2v) is 5.98. The summed E-state index contributed by atoms with van der Waals surface area (Å²) in [5.41, 5.74) is -3.31. The third-order valence-electron chi connectivity index (χ3n) is 2.68. The summed E-state index contributed by atoms with van der Waals surface area (Å²) in [6.07, 6.45) is 0. The number of halogens is 5. The average molecular weight is 327 g/mol. The van der Waals surface area contributed by atoms with Crippen LogP contribution in [0.25, 0.3) is 11.0 Å². The molecular weight excluding hydrogens is 316 g/mol. The molecule has 8 heteroatoms. The zero-order chi connectivity index (χ0) is 14.9. The molecule has 2 nitrogen and oxygen atoms in total. The first-order valence-electron chi connectivity index (χ1n) is 5.78.